The molecule has 7 nitrogen and oxygen atoms in total. The average Bonchev–Trinajstić information content (AvgIpc) is 2.58. The number of anilines is 1. The van der Waals surface area contributed by atoms with Crippen LogP contribution in [0.1, 0.15) is 36.5 Å². The zero-order valence-electron chi connectivity index (χ0n) is 14.6. The monoisotopic (exact) mass is 367 g/mol. The molecule has 1 unspecified atom stereocenters. The minimum atomic E-state index is -3.40. The molecule has 2 amide bonds. The predicted molar refractivity (Wildman–Crippen MR) is 96.8 cm³/mol. The summed E-state index contributed by atoms with van der Waals surface area (Å²) in [6.45, 7) is 3.62. The van der Waals surface area contributed by atoms with Gasteiger partial charge in [0.05, 0.1) is 12.2 Å². The number of nitrogens with one attached hydrogen (secondary N) is 2. The summed E-state index contributed by atoms with van der Waals surface area (Å²) in [5, 5.41) is 2.88. The maximum absolute atomic E-state index is 12.7. The zero-order chi connectivity index (χ0) is 18.4. The van der Waals surface area contributed by atoms with Crippen molar-refractivity contribution in [2.24, 2.45) is 5.92 Å². The fraction of sp³-hybridized carbons (Fsp3) is 0.529. The molecule has 0 aromatic heterocycles. The SMILES string of the molecule is CCCNC(=O)C1CCCN(C(=O)c2cccc(NS(C)(=O)=O)c2)C1. The van der Waals surface area contributed by atoms with Gasteiger partial charge in [0.2, 0.25) is 15.9 Å². The molecule has 1 heterocycles. The van der Waals surface area contributed by atoms with Gasteiger partial charge in [-0.2, -0.15) is 0 Å². The number of carbonyl (C=O) groups is 2. The summed E-state index contributed by atoms with van der Waals surface area (Å²) >= 11 is 0. The van der Waals surface area contributed by atoms with Crippen molar-refractivity contribution in [3.05, 3.63) is 29.8 Å². The maximum atomic E-state index is 12.7. The van der Waals surface area contributed by atoms with E-state index in [0.29, 0.717) is 30.9 Å². The van der Waals surface area contributed by atoms with E-state index in [1.54, 1.807) is 23.1 Å². The lowest BCUT2D eigenvalue weighted by Crippen LogP contribution is -2.45. The molecular weight excluding hydrogens is 342 g/mol. The van der Waals surface area contributed by atoms with E-state index in [1.165, 1.54) is 6.07 Å². The van der Waals surface area contributed by atoms with E-state index in [0.717, 1.165) is 25.5 Å². The summed E-state index contributed by atoms with van der Waals surface area (Å²) in [6.07, 6.45) is 3.49. The molecule has 1 saturated heterocycles. The second-order valence-electron chi connectivity index (χ2n) is 6.34. The second kappa shape index (κ2) is 8.33. The van der Waals surface area contributed by atoms with E-state index < -0.39 is 10.0 Å². The van der Waals surface area contributed by atoms with Gasteiger partial charge < -0.3 is 10.2 Å². The van der Waals surface area contributed by atoms with Gasteiger partial charge in [-0.3, -0.25) is 14.3 Å². The van der Waals surface area contributed by atoms with Gasteiger partial charge in [-0.15, -0.1) is 0 Å². The molecule has 1 atom stereocenters. The first-order chi connectivity index (χ1) is 11.8. The standard InChI is InChI=1S/C17H25N3O4S/c1-3-9-18-16(21)14-7-5-10-20(12-14)17(22)13-6-4-8-15(11-13)19-25(2,23)24/h4,6,8,11,14,19H,3,5,7,9-10,12H2,1-2H3,(H,18,21). The molecule has 0 bridgehead atoms. The highest BCUT2D eigenvalue weighted by atomic mass is 32.2. The molecule has 1 fully saturated rings. The number of sulfonamides is 1. The summed E-state index contributed by atoms with van der Waals surface area (Å²) in [6, 6.07) is 6.39. The minimum absolute atomic E-state index is 0.00755. The van der Waals surface area contributed by atoms with Gasteiger partial charge in [0.15, 0.2) is 0 Å². The summed E-state index contributed by atoms with van der Waals surface area (Å²) in [5.74, 6) is -0.390. The summed E-state index contributed by atoms with van der Waals surface area (Å²) in [7, 11) is -3.40. The Morgan fingerprint density at radius 2 is 2.08 bits per heavy atom. The Hall–Kier alpha value is -2.09. The van der Waals surface area contributed by atoms with Crippen molar-refractivity contribution in [3.8, 4) is 0 Å². The first kappa shape index (κ1) is 19.2. The maximum Gasteiger partial charge on any atom is 0.253 e. The molecule has 0 aliphatic carbocycles. The Morgan fingerprint density at radius 3 is 2.76 bits per heavy atom. The number of benzene rings is 1. The average molecular weight is 367 g/mol. The molecule has 2 N–H and O–H groups in total. The quantitative estimate of drug-likeness (QED) is 0.795. The van der Waals surface area contributed by atoms with Gasteiger partial charge in [-0.25, -0.2) is 8.42 Å². The van der Waals surface area contributed by atoms with Crippen molar-refractivity contribution in [2.45, 2.75) is 26.2 Å². The van der Waals surface area contributed by atoms with Crippen molar-refractivity contribution in [3.63, 3.8) is 0 Å². The minimum Gasteiger partial charge on any atom is -0.356 e. The Bertz CT molecular complexity index is 733. The number of piperidine rings is 1. The number of hydrogen-bond donors (Lipinski definition) is 2. The molecular formula is C17H25N3O4S. The lowest BCUT2D eigenvalue weighted by Gasteiger charge is -2.32. The van der Waals surface area contributed by atoms with E-state index >= 15 is 0 Å². The molecule has 0 radical (unpaired) electrons. The van der Waals surface area contributed by atoms with Crippen LogP contribution in [0.15, 0.2) is 24.3 Å². The second-order valence-corrected chi connectivity index (χ2v) is 8.08. The molecule has 1 aliphatic heterocycles. The molecule has 0 spiro atoms. The number of rotatable bonds is 6. The van der Waals surface area contributed by atoms with Crippen LogP contribution in [-0.4, -0.2) is 51.0 Å². The van der Waals surface area contributed by atoms with E-state index in [1.807, 2.05) is 6.92 Å². The molecule has 0 saturated carbocycles. The van der Waals surface area contributed by atoms with Crippen LogP contribution >= 0.6 is 0 Å². The normalized spacial score (nSPS) is 17.8. The molecule has 1 aliphatic rings. The van der Waals surface area contributed by atoms with Crippen LogP contribution in [0.4, 0.5) is 5.69 Å². The van der Waals surface area contributed by atoms with E-state index in [9.17, 15) is 18.0 Å². The topological polar surface area (TPSA) is 95.6 Å². The van der Waals surface area contributed by atoms with Crippen molar-refractivity contribution in [2.75, 3.05) is 30.6 Å². The number of amides is 2. The summed E-state index contributed by atoms with van der Waals surface area (Å²) in [4.78, 5) is 26.5. The third-order valence-electron chi connectivity index (χ3n) is 4.04. The van der Waals surface area contributed by atoms with Gasteiger partial charge in [0.25, 0.3) is 5.91 Å². The third-order valence-corrected chi connectivity index (χ3v) is 4.65. The molecule has 1 aromatic rings. The van der Waals surface area contributed by atoms with Crippen LogP contribution < -0.4 is 10.0 Å². The fourth-order valence-corrected chi connectivity index (χ4v) is 3.44. The van der Waals surface area contributed by atoms with E-state index in [-0.39, 0.29) is 17.7 Å². The van der Waals surface area contributed by atoms with Crippen molar-refractivity contribution in [1.82, 2.24) is 10.2 Å². The molecule has 138 valence electrons. The smallest absolute Gasteiger partial charge is 0.253 e. The van der Waals surface area contributed by atoms with E-state index in [2.05, 4.69) is 10.0 Å². The first-order valence-corrected chi connectivity index (χ1v) is 10.3. The highest BCUT2D eigenvalue weighted by molar-refractivity contribution is 7.92. The van der Waals surface area contributed by atoms with Gasteiger partial charge in [0.1, 0.15) is 0 Å². The zero-order valence-corrected chi connectivity index (χ0v) is 15.4. The molecule has 2 rings (SSSR count). The first-order valence-electron chi connectivity index (χ1n) is 8.45. The number of hydrogen-bond acceptors (Lipinski definition) is 4. The Balaban J connectivity index is 2.07. The number of likely N-dealkylation sites (tertiary alicyclic amines) is 1. The van der Waals surface area contributed by atoms with Gasteiger partial charge in [0, 0.05) is 30.9 Å². The highest BCUT2D eigenvalue weighted by Crippen LogP contribution is 2.20. The lowest BCUT2D eigenvalue weighted by atomic mass is 9.96. The Labute approximate surface area is 148 Å². The van der Waals surface area contributed by atoms with E-state index in [4.69, 9.17) is 0 Å². The molecule has 25 heavy (non-hydrogen) atoms. The van der Waals surface area contributed by atoms with Crippen LogP contribution in [0, 0.1) is 5.92 Å². The largest absolute Gasteiger partial charge is 0.356 e. The Kier molecular flexibility index (Phi) is 6.41. The summed E-state index contributed by atoms with van der Waals surface area (Å²) in [5.41, 5.74) is 0.755. The van der Waals surface area contributed by atoms with Gasteiger partial charge in [-0.05, 0) is 37.5 Å². The van der Waals surface area contributed by atoms with Crippen LogP contribution in [0.3, 0.4) is 0 Å². The van der Waals surface area contributed by atoms with Crippen molar-refractivity contribution in [1.29, 1.82) is 0 Å². The van der Waals surface area contributed by atoms with Crippen LogP contribution in [0.25, 0.3) is 0 Å². The van der Waals surface area contributed by atoms with Crippen LogP contribution in [0.2, 0.25) is 0 Å². The fourth-order valence-electron chi connectivity index (χ4n) is 2.88. The predicted octanol–water partition coefficient (Wildman–Crippen LogP) is 1.44. The van der Waals surface area contributed by atoms with Crippen molar-refractivity contribution >= 4 is 27.5 Å². The van der Waals surface area contributed by atoms with Crippen LogP contribution in [0.5, 0.6) is 0 Å². The van der Waals surface area contributed by atoms with Crippen molar-refractivity contribution < 1.29 is 18.0 Å². The highest BCUT2D eigenvalue weighted by Gasteiger charge is 2.28. The molecule has 1 aromatic carbocycles. The Morgan fingerprint density at radius 1 is 1.32 bits per heavy atom. The lowest BCUT2D eigenvalue weighted by molar-refractivity contribution is -0.126. The molecule has 8 heteroatoms. The van der Waals surface area contributed by atoms with Crippen LogP contribution in [-0.2, 0) is 14.8 Å². The number of nitrogens with zero attached hydrogens (tertiary/aromatic N) is 1. The van der Waals surface area contributed by atoms with Gasteiger partial charge >= 0.3 is 0 Å². The third kappa shape index (κ3) is 5.74. The van der Waals surface area contributed by atoms with Gasteiger partial charge in [-0.1, -0.05) is 13.0 Å². The summed E-state index contributed by atoms with van der Waals surface area (Å²) < 4.78 is 25.0. The number of carbonyl (C=O) groups excluding carboxylic acids is 2.